The van der Waals surface area contributed by atoms with E-state index in [0.29, 0.717) is 17.9 Å². The smallest absolute Gasteiger partial charge is 0.122 e. The highest BCUT2D eigenvalue weighted by Gasteiger charge is 2.29. The number of likely N-dealkylation sites (tertiary alicyclic amines) is 1. The lowest BCUT2D eigenvalue weighted by atomic mass is 9.94. The number of hydrogen-bond donors (Lipinski definition) is 1. The summed E-state index contributed by atoms with van der Waals surface area (Å²) in [4.78, 5) is 2.51. The van der Waals surface area contributed by atoms with Crippen molar-refractivity contribution in [3.8, 4) is 5.75 Å². The van der Waals surface area contributed by atoms with Gasteiger partial charge in [0.25, 0.3) is 0 Å². The van der Waals surface area contributed by atoms with Crippen LogP contribution in [0.25, 0.3) is 0 Å². The molecule has 0 aliphatic carbocycles. The van der Waals surface area contributed by atoms with Crippen molar-refractivity contribution in [3.05, 3.63) is 29.8 Å². The van der Waals surface area contributed by atoms with Crippen molar-refractivity contribution in [1.82, 2.24) is 4.90 Å². The Morgan fingerprint density at radius 1 is 1.33 bits per heavy atom. The lowest BCUT2D eigenvalue weighted by Gasteiger charge is -2.35. The molecule has 98 valence electrons. The molecule has 2 heterocycles. The normalized spacial score (nSPS) is 32.0. The van der Waals surface area contributed by atoms with Crippen molar-refractivity contribution >= 4 is 0 Å². The highest BCUT2D eigenvalue weighted by Crippen LogP contribution is 2.34. The molecule has 0 spiro atoms. The number of piperidine rings is 1. The number of para-hydroxylation sites is 1. The van der Waals surface area contributed by atoms with Crippen LogP contribution in [0.4, 0.5) is 0 Å². The van der Waals surface area contributed by atoms with E-state index in [1.165, 1.54) is 12.1 Å². The molecule has 3 atom stereocenters. The van der Waals surface area contributed by atoms with E-state index >= 15 is 0 Å². The fourth-order valence-corrected chi connectivity index (χ4v) is 3.35. The number of ether oxygens (including phenoxy) is 1. The quantitative estimate of drug-likeness (QED) is 0.865. The van der Waals surface area contributed by atoms with Gasteiger partial charge in [0.2, 0.25) is 0 Å². The zero-order chi connectivity index (χ0) is 12.5. The van der Waals surface area contributed by atoms with E-state index in [4.69, 9.17) is 10.5 Å². The second kappa shape index (κ2) is 4.90. The van der Waals surface area contributed by atoms with Crippen LogP contribution in [-0.4, -0.2) is 37.2 Å². The minimum Gasteiger partial charge on any atom is -0.493 e. The van der Waals surface area contributed by atoms with Crippen molar-refractivity contribution in [3.63, 3.8) is 0 Å². The number of nitrogens with two attached hydrogens (primary N) is 1. The molecule has 18 heavy (non-hydrogen) atoms. The van der Waals surface area contributed by atoms with Gasteiger partial charge in [-0.15, -0.1) is 0 Å². The van der Waals surface area contributed by atoms with Crippen LogP contribution in [0.15, 0.2) is 24.3 Å². The van der Waals surface area contributed by atoms with E-state index in [2.05, 4.69) is 30.0 Å². The maximum absolute atomic E-state index is 6.11. The van der Waals surface area contributed by atoms with E-state index < -0.39 is 0 Å². The first kappa shape index (κ1) is 12.0. The Bertz CT molecular complexity index is 411. The third kappa shape index (κ3) is 2.38. The average Bonchev–Trinajstić information content (AvgIpc) is 2.72. The lowest BCUT2D eigenvalue weighted by molar-refractivity contribution is 0.150. The van der Waals surface area contributed by atoms with Gasteiger partial charge in [-0.05, 0) is 18.4 Å². The monoisotopic (exact) mass is 246 g/mol. The molecule has 3 unspecified atom stereocenters. The number of hydrogen-bond acceptors (Lipinski definition) is 3. The molecule has 2 aliphatic heterocycles. The number of nitrogens with zero attached hydrogens (tertiary/aromatic N) is 1. The second-order valence-electron chi connectivity index (χ2n) is 5.87. The SMILES string of the molecule is CC1CC(N)CN(CC2COc3ccccc32)C1. The third-order valence-corrected chi connectivity index (χ3v) is 4.05. The molecule has 0 radical (unpaired) electrons. The largest absolute Gasteiger partial charge is 0.493 e. The van der Waals surface area contributed by atoms with Crippen LogP contribution in [0.5, 0.6) is 5.75 Å². The summed E-state index contributed by atoms with van der Waals surface area (Å²) in [5.74, 6) is 2.29. The van der Waals surface area contributed by atoms with E-state index in [1.54, 1.807) is 0 Å². The zero-order valence-corrected chi connectivity index (χ0v) is 11.0. The van der Waals surface area contributed by atoms with Crippen LogP contribution in [0.3, 0.4) is 0 Å². The topological polar surface area (TPSA) is 38.5 Å². The highest BCUT2D eigenvalue weighted by atomic mass is 16.5. The molecule has 2 aliphatic rings. The van der Waals surface area contributed by atoms with Crippen LogP contribution in [-0.2, 0) is 0 Å². The molecule has 1 aromatic carbocycles. The Morgan fingerprint density at radius 2 is 2.17 bits per heavy atom. The molecule has 3 nitrogen and oxygen atoms in total. The van der Waals surface area contributed by atoms with E-state index in [-0.39, 0.29) is 0 Å². The van der Waals surface area contributed by atoms with Crippen LogP contribution in [0.2, 0.25) is 0 Å². The van der Waals surface area contributed by atoms with Gasteiger partial charge >= 0.3 is 0 Å². The van der Waals surface area contributed by atoms with Gasteiger partial charge in [-0.25, -0.2) is 0 Å². The summed E-state index contributed by atoms with van der Waals surface area (Å²) in [7, 11) is 0. The number of rotatable bonds is 2. The lowest BCUT2D eigenvalue weighted by Crippen LogP contribution is -2.47. The Kier molecular flexibility index (Phi) is 3.27. The predicted octanol–water partition coefficient (Wildman–Crippen LogP) is 1.83. The van der Waals surface area contributed by atoms with E-state index in [1.807, 2.05) is 6.07 Å². The number of benzene rings is 1. The Morgan fingerprint density at radius 3 is 3.00 bits per heavy atom. The van der Waals surface area contributed by atoms with Gasteiger partial charge in [0.05, 0.1) is 6.61 Å². The Labute approximate surface area is 109 Å². The van der Waals surface area contributed by atoms with Crippen LogP contribution in [0.1, 0.15) is 24.8 Å². The molecule has 3 rings (SSSR count). The molecule has 0 bridgehead atoms. The summed E-state index contributed by atoms with van der Waals surface area (Å²) in [5, 5.41) is 0. The minimum absolute atomic E-state index is 0.339. The Balaban J connectivity index is 1.67. The molecule has 1 fully saturated rings. The van der Waals surface area contributed by atoms with Gasteiger partial charge in [0, 0.05) is 37.2 Å². The zero-order valence-electron chi connectivity index (χ0n) is 11.0. The highest BCUT2D eigenvalue weighted by molar-refractivity contribution is 5.39. The first-order valence-corrected chi connectivity index (χ1v) is 6.92. The first-order chi connectivity index (χ1) is 8.72. The fourth-order valence-electron chi connectivity index (χ4n) is 3.35. The fraction of sp³-hybridized carbons (Fsp3) is 0.600. The summed E-state index contributed by atoms with van der Waals surface area (Å²) in [6, 6.07) is 8.75. The van der Waals surface area contributed by atoms with Crippen LogP contribution >= 0.6 is 0 Å². The molecule has 1 aromatic rings. The van der Waals surface area contributed by atoms with Crippen molar-refractivity contribution in [2.75, 3.05) is 26.2 Å². The van der Waals surface area contributed by atoms with Crippen molar-refractivity contribution in [2.24, 2.45) is 11.7 Å². The van der Waals surface area contributed by atoms with E-state index in [0.717, 1.165) is 31.9 Å². The molecule has 0 aromatic heterocycles. The molecule has 0 amide bonds. The predicted molar refractivity (Wildman–Crippen MR) is 72.9 cm³/mol. The van der Waals surface area contributed by atoms with Gasteiger partial charge in [-0.2, -0.15) is 0 Å². The molecule has 2 N–H and O–H groups in total. The summed E-state index contributed by atoms with van der Waals surface area (Å²) < 4.78 is 5.75. The van der Waals surface area contributed by atoms with Crippen molar-refractivity contribution in [1.29, 1.82) is 0 Å². The van der Waals surface area contributed by atoms with Gasteiger partial charge in [0.15, 0.2) is 0 Å². The van der Waals surface area contributed by atoms with Crippen molar-refractivity contribution in [2.45, 2.75) is 25.3 Å². The van der Waals surface area contributed by atoms with Gasteiger partial charge in [0.1, 0.15) is 5.75 Å². The van der Waals surface area contributed by atoms with E-state index in [9.17, 15) is 0 Å². The maximum Gasteiger partial charge on any atom is 0.122 e. The maximum atomic E-state index is 6.11. The van der Waals surface area contributed by atoms with Gasteiger partial charge in [-0.1, -0.05) is 25.1 Å². The minimum atomic E-state index is 0.339. The second-order valence-corrected chi connectivity index (χ2v) is 5.87. The standard InChI is InChI=1S/C15H22N2O/c1-11-6-13(16)9-17(7-11)8-12-10-18-15-5-3-2-4-14(12)15/h2-5,11-13H,6-10,16H2,1H3. The van der Waals surface area contributed by atoms with Gasteiger partial charge in [-0.3, -0.25) is 0 Å². The van der Waals surface area contributed by atoms with Gasteiger partial charge < -0.3 is 15.4 Å². The first-order valence-electron chi connectivity index (χ1n) is 6.92. The summed E-state index contributed by atoms with van der Waals surface area (Å²) >= 11 is 0. The summed E-state index contributed by atoms with van der Waals surface area (Å²) in [6.45, 7) is 6.40. The van der Waals surface area contributed by atoms with Crippen LogP contribution < -0.4 is 10.5 Å². The molecular weight excluding hydrogens is 224 g/mol. The average molecular weight is 246 g/mol. The number of fused-ring (bicyclic) bond motifs is 1. The van der Waals surface area contributed by atoms with Crippen LogP contribution in [0, 0.1) is 5.92 Å². The third-order valence-electron chi connectivity index (χ3n) is 4.05. The molecular formula is C15H22N2O. The summed E-state index contributed by atoms with van der Waals surface area (Å²) in [5.41, 5.74) is 7.48. The molecule has 1 saturated heterocycles. The van der Waals surface area contributed by atoms with Crippen molar-refractivity contribution < 1.29 is 4.74 Å². The Hall–Kier alpha value is -1.06. The molecule has 3 heteroatoms. The molecule has 0 saturated carbocycles. The summed E-state index contributed by atoms with van der Waals surface area (Å²) in [6.07, 6.45) is 1.16.